The van der Waals surface area contributed by atoms with Gasteiger partial charge in [-0.05, 0) is 54.5 Å². The zero-order valence-corrected chi connectivity index (χ0v) is 16.3. The molecule has 1 amide bonds. The quantitative estimate of drug-likeness (QED) is 0.814. The number of rotatable bonds is 4. The van der Waals surface area contributed by atoms with E-state index in [9.17, 15) is 13.2 Å². The number of anilines is 1. The molecule has 6 heteroatoms. The Morgan fingerprint density at radius 2 is 1.74 bits per heavy atom. The highest BCUT2D eigenvalue weighted by Gasteiger charge is 2.31. The van der Waals surface area contributed by atoms with Gasteiger partial charge in [0.2, 0.25) is 15.9 Å². The summed E-state index contributed by atoms with van der Waals surface area (Å²) in [5, 5.41) is 0. The van der Waals surface area contributed by atoms with Gasteiger partial charge in [-0.15, -0.1) is 0 Å². The predicted molar refractivity (Wildman–Crippen MR) is 105 cm³/mol. The summed E-state index contributed by atoms with van der Waals surface area (Å²) in [4.78, 5) is 13.7. The molecule has 142 valence electrons. The van der Waals surface area contributed by atoms with Crippen molar-refractivity contribution < 1.29 is 13.2 Å². The van der Waals surface area contributed by atoms with Crippen molar-refractivity contribution in [1.82, 2.24) is 4.31 Å². The summed E-state index contributed by atoms with van der Waals surface area (Å²) in [5.74, 6) is 0.520. The Kier molecular flexibility index (Phi) is 4.78. The molecule has 1 fully saturated rings. The molecule has 0 aromatic heterocycles. The monoisotopic (exact) mass is 384 g/mol. The van der Waals surface area contributed by atoms with E-state index in [-0.39, 0.29) is 12.3 Å². The number of hydrogen-bond donors (Lipinski definition) is 0. The van der Waals surface area contributed by atoms with Gasteiger partial charge in [0.05, 0.1) is 11.3 Å². The molecular formula is C21H24N2O3S. The van der Waals surface area contributed by atoms with Gasteiger partial charge in [-0.1, -0.05) is 30.3 Å². The van der Waals surface area contributed by atoms with Crippen LogP contribution in [0.2, 0.25) is 0 Å². The second kappa shape index (κ2) is 7.09. The molecule has 27 heavy (non-hydrogen) atoms. The Bertz CT molecular complexity index is 949. The number of benzene rings is 2. The van der Waals surface area contributed by atoms with Crippen molar-refractivity contribution in [1.29, 1.82) is 0 Å². The maximum Gasteiger partial charge on any atom is 0.243 e. The Hall–Kier alpha value is -2.18. The molecule has 0 radical (unpaired) electrons. The number of piperidine rings is 1. The Balaban J connectivity index is 1.45. The van der Waals surface area contributed by atoms with Crippen molar-refractivity contribution in [3.8, 4) is 0 Å². The van der Waals surface area contributed by atoms with E-state index in [0.717, 1.165) is 30.5 Å². The van der Waals surface area contributed by atoms with Crippen LogP contribution in [0.1, 0.15) is 24.0 Å². The molecule has 2 heterocycles. The predicted octanol–water partition coefficient (Wildman–Crippen LogP) is 2.85. The number of amides is 1. The molecule has 0 bridgehead atoms. The van der Waals surface area contributed by atoms with Crippen LogP contribution in [-0.2, 0) is 27.7 Å². The van der Waals surface area contributed by atoms with Gasteiger partial charge in [-0.2, -0.15) is 4.31 Å². The molecule has 0 spiro atoms. The maximum atomic E-state index is 13.0. The fourth-order valence-electron chi connectivity index (χ4n) is 4.06. The summed E-state index contributed by atoms with van der Waals surface area (Å²) in [5.41, 5.74) is 2.91. The van der Waals surface area contributed by atoms with Gasteiger partial charge in [0, 0.05) is 25.8 Å². The minimum Gasteiger partial charge on any atom is -0.315 e. The largest absolute Gasteiger partial charge is 0.315 e. The van der Waals surface area contributed by atoms with Crippen LogP contribution in [0.4, 0.5) is 5.69 Å². The SMILES string of the molecule is CN1C(=O)Cc2cc(S(=O)(=O)N3CCC(Cc4ccccc4)CC3)ccc21. The fourth-order valence-corrected chi connectivity index (χ4v) is 5.58. The number of likely N-dealkylation sites (N-methyl/N-ethyl adjacent to an activating group) is 1. The normalized spacial score (nSPS) is 18.7. The first-order chi connectivity index (χ1) is 12.9. The average molecular weight is 385 g/mol. The van der Waals surface area contributed by atoms with Crippen LogP contribution in [0.15, 0.2) is 53.4 Å². The standard InChI is InChI=1S/C21H24N2O3S/c1-22-20-8-7-19(14-18(20)15-21(22)24)27(25,26)23-11-9-17(10-12-23)13-16-5-3-2-4-6-16/h2-8,14,17H,9-13,15H2,1H3. The molecule has 4 rings (SSSR count). The summed E-state index contributed by atoms with van der Waals surface area (Å²) in [7, 11) is -1.79. The lowest BCUT2D eigenvalue weighted by atomic mass is 9.91. The van der Waals surface area contributed by atoms with Gasteiger partial charge < -0.3 is 4.90 Å². The van der Waals surface area contributed by atoms with Crippen LogP contribution in [0, 0.1) is 5.92 Å². The van der Waals surface area contributed by atoms with Gasteiger partial charge in [0.25, 0.3) is 0 Å². The minimum absolute atomic E-state index is 0.00118. The van der Waals surface area contributed by atoms with E-state index in [2.05, 4.69) is 12.1 Å². The molecular weight excluding hydrogens is 360 g/mol. The van der Waals surface area contributed by atoms with E-state index in [0.29, 0.717) is 23.9 Å². The van der Waals surface area contributed by atoms with Crippen molar-refractivity contribution in [3.63, 3.8) is 0 Å². The highest BCUT2D eigenvalue weighted by atomic mass is 32.2. The molecule has 0 atom stereocenters. The zero-order chi connectivity index (χ0) is 19.0. The van der Waals surface area contributed by atoms with Crippen LogP contribution in [-0.4, -0.2) is 38.8 Å². The fraction of sp³-hybridized carbons (Fsp3) is 0.381. The van der Waals surface area contributed by atoms with Crippen LogP contribution in [0.25, 0.3) is 0 Å². The van der Waals surface area contributed by atoms with E-state index < -0.39 is 10.0 Å². The first kappa shape index (κ1) is 18.2. The van der Waals surface area contributed by atoms with Crippen molar-refractivity contribution in [2.45, 2.75) is 30.6 Å². The molecule has 0 N–H and O–H groups in total. The van der Waals surface area contributed by atoms with E-state index in [1.54, 1.807) is 34.5 Å². The minimum atomic E-state index is -3.51. The van der Waals surface area contributed by atoms with Crippen LogP contribution >= 0.6 is 0 Å². The van der Waals surface area contributed by atoms with Gasteiger partial charge in [-0.3, -0.25) is 4.79 Å². The number of carbonyl (C=O) groups excluding carboxylic acids is 1. The third-order valence-corrected chi connectivity index (χ3v) is 7.60. The lowest BCUT2D eigenvalue weighted by Gasteiger charge is -2.31. The molecule has 2 aromatic carbocycles. The molecule has 1 saturated heterocycles. The first-order valence-electron chi connectivity index (χ1n) is 9.39. The Morgan fingerprint density at radius 3 is 2.44 bits per heavy atom. The third-order valence-electron chi connectivity index (χ3n) is 5.71. The molecule has 2 aromatic rings. The van der Waals surface area contributed by atoms with Gasteiger partial charge in [0.1, 0.15) is 0 Å². The number of sulfonamides is 1. The second-order valence-corrected chi connectivity index (χ2v) is 9.40. The smallest absolute Gasteiger partial charge is 0.243 e. The average Bonchev–Trinajstić information content (AvgIpc) is 2.96. The van der Waals surface area contributed by atoms with Gasteiger partial charge in [0.15, 0.2) is 0 Å². The molecule has 0 saturated carbocycles. The van der Waals surface area contributed by atoms with E-state index in [1.807, 2.05) is 18.2 Å². The second-order valence-electron chi connectivity index (χ2n) is 7.46. The molecule has 2 aliphatic rings. The summed E-state index contributed by atoms with van der Waals surface area (Å²) in [6.07, 6.45) is 3.02. The first-order valence-corrected chi connectivity index (χ1v) is 10.8. The number of nitrogens with zero attached hydrogens (tertiary/aromatic N) is 2. The van der Waals surface area contributed by atoms with E-state index >= 15 is 0 Å². The lowest BCUT2D eigenvalue weighted by molar-refractivity contribution is -0.117. The van der Waals surface area contributed by atoms with Crippen LogP contribution in [0.5, 0.6) is 0 Å². The summed E-state index contributed by atoms with van der Waals surface area (Å²) >= 11 is 0. The topological polar surface area (TPSA) is 57.7 Å². The van der Waals surface area contributed by atoms with Crippen LogP contribution < -0.4 is 4.90 Å². The Labute approximate surface area is 160 Å². The van der Waals surface area contributed by atoms with Gasteiger partial charge in [-0.25, -0.2) is 8.42 Å². The maximum absolute atomic E-state index is 13.0. The highest BCUT2D eigenvalue weighted by Crippen LogP contribution is 2.32. The summed E-state index contributed by atoms with van der Waals surface area (Å²) < 4.78 is 27.7. The van der Waals surface area contributed by atoms with Crippen molar-refractivity contribution in [3.05, 3.63) is 59.7 Å². The van der Waals surface area contributed by atoms with E-state index in [4.69, 9.17) is 0 Å². The molecule has 5 nitrogen and oxygen atoms in total. The number of hydrogen-bond acceptors (Lipinski definition) is 3. The third kappa shape index (κ3) is 3.51. The number of fused-ring (bicyclic) bond motifs is 1. The van der Waals surface area contributed by atoms with Crippen molar-refractivity contribution in [2.75, 3.05) is 25.0 Å². The summed E-state index contributed by atoms with van der Waals surface area (Å²) in [6, 6.07) is 15.4. The summed E-state index contributed by atoms with van der Waals surface area (Å²) in [6.45, 7) is 1.10. The molecule has 2 aliphatic heterocycles. The van der Waals surface area contributed by atoms with Gasteiger partial charge >= 0.3 is 0 Å². The number of carbonyl (C=O) groups is 1. The highest BCUT2D eigenvalue weighted by molar-refractivity contribution is 7.89. The van der Waals surface area contributed by atoms with Crippen molar-refractivity contribution in [2.24, 2.45) is 5.92 Å². The van der Waals surface area contributed by atoms with Crippen molar-refractivity contribution >= 4 is 21.6 Å². The zero-order valence-electron chi connectivity index (χ0n) is 15.5. The van der Waals surface area contributed by atoms with E-state index in [1.165, 1.54) is 5.56 Å². The lowest BCUT2D eigenvalue weighted by Crippen LogP contribution is -2.38. The molecule has 0 aliphatic carbocycles. The van der Waals surface area contributed by atoms with Crippen LogP contribution in [0.3, 0.4) is 0 Å². The molecule has 0 unspecified atom stereocenters. The Morgan fingerprint density at radius 1 is 1.04 bits per heavy atom.